The molecule has 2 rings (SSSR count). The molecule has 6 nitrogen and oxygen atoms in total. The standard InChI is InChI=1S/C12H14N2O4/c1-9-12(15)13(6-7-18-9)8-10-4-2-3-5-11(10)14(16)17/h2-5,9H,6-8H2,1H3. The van der Waals surface area contributed by atoms with Crippen LogP contribution in [0.4, 0.5) is 5.69 Å². The summed E-state index contributed by atoms with van der Waals surface area (Å²) in [5.41, 5.74) is 0.592. The minimum absolute atomic E-state index is 0.0458. The summed E-state index contributed by atoms with van der Waals surface area (Å²) in [5.74, 6) is -0.126. The van der Waals surface area contributed by atoms with Crippen molar-refractivity contribution in [3.05, 3.63) is 39.9 Å². The van der Waals surface area contributed by atoms with E-state index in [1.807, 2.05) is 0 Å². The Labute approximate surface area is 104 Å². The van der Waals surface area contributed by atoms with Gasteiger partial charge in [-0.1, -0.05) is 18.2 Å². The maximum absolute atomic E-state index is 11.8. The number of hydrogen-bond donors (Lipinski definition) is 0. The van der Waals surface area contributed by atoms with Gasteiger partial charge in [-0.25, -0.2) is 0 Å². The van der Waals surface area contributed by atoms with Crippen molar-refractivity contribution in [2.24, 2.45) is 0 Å². The number of amides is 1. The molecule has 1 fully saturated rings. The lowest BCUT2D eigenvalue weighted by Gasteiger charge is -2.30. The summed E-state index contributed by atoms with van der Waals surface area (Å²) in [4.78, 5) is 23.9. The second kappa shape index (κ2) is 5.14. The Bertz CT molecular complexity index is 475. The van der Waals surface area contributed by atoms with Gasteiger partial charge in [0, 0.05) is 18.2 Å². The molecular formula is C12H14N2O4. The quantitative estimate of drug-likeness (QED) is 0.599. The van der Waals surface area contributed by atoms with Crippen molar-refractivity contribution in [2.45, 2.75) is 19.6 Å². The van der Waals surface area contributed by atoms with Gasteiger partial charge in [-0.3, -0.25) is 14.9 Å². The fourth-order valence-corrected chi connectivity index (χ4v) is 1.96. The normalized spacial score (nSPS) is 19.9. The van der Waals surface area contributed by atoms with Crippen molar-refractivity contribution in [1.29, 1.82) is 0 Å². The Hall–Kier alpha value is -1.95. The van der Waals surface area contributed by atoms with Crippen LogP contribution in [0.2, 0.25) is 0 Å². The Morgan fingerprint density at radius 3 is 2.94 bits per heavy atom. The lowest BCUT2D eigenvalue weighted by atomic mass is 10.1. The van der Waals surface area contributed by atoms with E-state index in [0.29, 0.717) is 18.7 Å². The average Bonchev–Trinajstić information content (AvgIpc) is 2.35. The van der Waals surface area contributed by atoms with Crippen molar-refractivity contribution in [3.63, 3.8) is 0 Å². The fraction of sp³-hybridized carbons (Fsp3) is 0.417. The van der Waals surface area contributed by atoms with Crippen LogP contribution in [0.5, 0.6) is 0 Å². The molecule has 0 bridgehead atoms. The van der Waals surface area contributed by atoms with Crippen molar-refractivity contribution >= 4 is 11.6 Å². The molecule has 0 saturated carbocycles. The summed E-state index contributed by atoms with van der Waals surface area (Å²) in [6.07, 6.45) is -0.471. The topological polar surface area (TPSA) is 72.7 Å². The summed E-state index contributed by atoms with van der Waals surface area (Å²) in [5, 5.41) is 10.9. The minimum Gasteiger partial charge on any atom is -0.367 e. The van der Waals surface area contributed by atoms with Crippen LogP contribution in [-0.4, -0.2) is 35.0 Å². The van der Waals surface area contributed by atoms with Crippen molar-refractivity contribution in [1.82, 2.24) is 4.90 Å². The van der Waals surface area contributed by atoms with Gasteiger partial charge < -0.3 is 9.64 Å². The second-order valence-electron chi connectivity index (χ2n) is 4.16. The van der Waals surface area contributed by atoms with E-state index in [1.54, 1.807) is 30.0 Å². The number of nitrogens with zero attached hydrogens (tertiary/aromatic N) is 2. The maximum atomic E-state index is 11.8. The summed E-state index contributed by atoms with van der Waals surface area (Å²) in [6.45, 7) is 2.88. The number of morpholine rings is 1. The first-order valence-corrected chi connectivity index (χ1v) is 5.72. The molecule has 0 radical (unpaired) electrons. The van der Waals surface area contributed by atoms with Crippen LogP contribution >= 0.6 is 0 Å². The summed E-state index contributed by atoms with van der Waals surface area (Å²) >= 11 is 0. The maximum Gasteiger partial charge on any atom is 0.274 e. The number of nitro groups is 1. The molecule has 1 aromatic carbocycles. The first kappa shape index (κ1) is 12.5. The highest BCUT2D eigenvalue weighted by Gasteiger charge is 2.27. The van der Waals surface area contributed by atoms with Gasteiger partial charge in [0.1, 0.15) is 6.10 Å². The third kappa shape index (κ3) is 2.48. The third-order valence-corrected chi connectivity index (χ3v) is 2.94. The lowest BCUT2D eigenvalue weighted by Crippen LogP contribution is -2.45. The molecule has 1 saturated heterocycles. The molecule has 18 heavy (non-hydrogen) atoms. The number of rotatable bonds is 3. The van der Waals surface area contributed by atoms with E-state index >= 15 is 0 Å². The third-order valence-electron chi connectivity index (χ3n) is 2.94. The van der Waals surface area contributed by atoms with Gasteiger partial charge in [-0.2, -0.15) is 0 Å². The zero-order chi connectivity index (χ0) is 13.1. The molecule has 1 heterocycles. The first-order chi connectivity index (χ1) is 8.59. The zero-order valence-electron chi connectivity index (χ0n) is 10.0. The molecule has 1 aromatic rings. The first-order valence-electron chi connectivity index (χ1n) is 5.72. The van der Waals surface area contributed by atoms with E-state index < -0.39 is 11.0 Å². The van der Waals surface area contributed by atoms with Gasteiger partial charge in [0.25, 0.3) is 11.6 Å². The fourth-order valence-electron chi connectivity index (χ4n) is 1.96. The van der Waals surface area contributed by atoms with Crippen molar-refractivity contribution in [3.8, 4) is 0 Å². The Morgan fingerprint density at radius 1 is 1.50 bits per heavy atom. The van der Waals surface area contributed by atoms with Crippen molar-refractivity contribution < 1.29 is 14.5 Å². The van der Waals surface area contributed by atoms with E-state index in [2.05, 4.69) is 0 Å². The molecule has 1 atom stereocenters. The second-order valence-corrected chi connectivity index (χ2v) is 4.16. The molecule has 0 spiro atoms. The van der Waals surface area contributed by atoms with Crippen LogP contribution in [0.3, 0.4) is 0 Å². The van der Waals surface area contributed by atoms with Gasteiger partial charge in [0.05, 0.1) is 18.1 Å². The smallest absolute Gasteiger partial charge is 0.274 e. The van der Waals surface area contributed by atoms with E-state index in [1.165, 1.54) is 6.07 Å². The minimum atomic E-state index is -0.471. The molecule has 1 unspecified atom stereocenters. The predicted octanol–water partition coefficient (Wildman–Crippen LogP) is 1.34. The molecule has 0 N–H and O–H groups in total. The number of carbonyl (C=O) groups excluding carboxylic acids is 1. The van der Waals surface area contributed by atoms with E-state index in [4.69, 9.17) is 4.74 Å². The number of carbonyl (C=O) groups is 1. The van der Waals surface area contributed by atoms with Crippen LogP contribution in [0.15, 0.2) is 24.3 Å². The summed E-state index contributed by atoms with van der Waals surface area (Å²) in [6, 6.07) is 6.47. The molecule has 0 aliphatic carbocycles. The Kier molecular flexibility index (Phi) is 3.57. The highest BCUT2D eigenvalue weighted by Crippen LogP contribution is 2.20. The average molecular weight is 250 g/mol. The van der Waals surface area contributed by atoms with Gasteiger partial charge in [-0.05, 0) is 6.92 Å². The lowest BCUT2D eigenvalue weighted by molar-refractivity contribution is -0.385. The van der Waals surface area contributed by atoms with Crippen LogP contribution in [0.25, 0.3) is 0 Å². The number of benzene rings is 1. The van der Waals surface area contributed by atoms with Crippen LogP contribution in [0, 0.1) is 10.1 Å². The monoisotopic (exact) mass is 250 g/mol. The molecular weight excluding hydrogens is 236 g/mol. The van der Waals surface area contributed by atoms with Crippen LogP contribution in [-0.2, 0) is 16.1 Å². The predicted molar refractivity (Wildman–Crippen MR) is 63.9 cm³/mol. The molecule has 1 amide bonds. The van der Waals surface area contributed by atoms with E-state index in [-0.39, 0.29) is 18.1 Å². The largest absolute Gasteiger partial charge is 0.367 e. The highest BCUT2D eigenvalue weighted by molar-refractivity contribution is 5.81. The highest BCUT2D eigenvalue weighted by atomic mass is 16.6. The molecule has 0 aromatic heterocycles. The van der Waals surface area contributed by atoms with Crippen LogP contribution in [0.1, 0.15) is 12.5 Å². The molecule has 96 valence electrons. The van der Waals surface area contributed by atoms with E-state index in [9.17, 15) is 14.9 Å². The Balaban J connectivity index is 2.18. The molecule has 1 aliphatic rings. The summed E-state index contributed by atoms with van der Waals surface area (Å²) in [7, 11) is 0. The number of ether oxygens (including phenoxy) is 1. The number of hydrogen-bond acceptors (Lipinski definition) is 4. The summed E-state index contributed by atoms with van der Waals surface area (Å²) < 4.78 is 5.21. The van der Waals surface area contributed by atoms with Gasteiger partial charge in [0.15, 0.2) is 0 Å². The molecule has 1 aliphatic heterocycles. The van der Waals surface area contributed by atoms with Gasteiger partial charge in [-0.15, -0.1) is 0 Å². The SMILES string of the molecule is CC1OCCN(Cc2ccccc2[N+](=O)[O-])C1=O. The zero-order valence-corrected chi connectivity index (χ0v) is 10.0. The van der Waals surface area contributed by atoms with E-state index in [0.717, 1.165) is 0 Å². The van der Waals surface area contributed by atoms with Gasteiger partial charge in [0.2, 0.25) is 0 Å². The number of nitro benzene ring substituents is 1. The Morgan fingerprint density at radius 2 is 2.22 bits per heavy atom. The molecule has 6 heteroatoms. The van der Waals surface area contributed by atoms with Crippen LogP contribution < -0.4 is 0 Å². The van der Waals surface area contributed by atoms with Gasteiger partial charge >= 0.3 is 0 Å². The van der Waals surface area contributed by atoms with Crippen molar-refractivity contribution in [2.75, 3.05) is 13.2 Å². The number of para-hydroxylation sites is 1.